The van der Waals surface area contributed by atoms with E-state index >= 15 is 0 Å². The number of carbonyl (C=O) groups is 2. The van der Waals surface area contributed by atoms with Crippen LogP contribution in [0.15, 0.2) is 89.1 Å². The molecule has 3 aromatic carbocycles. The number of thioether (sulfide) groups is 1. The number of hydrogen-bond acceptors (Lipinski definition) is 7. The second-order valence-corrected chi connectivity index (χ2v) is 9.18. The van der Waals surface area contributed by atoms with Crippen LogP contribution in [-0.2, 0) is 9.59 Å². The fourth-order valence-corrected chi connectivity index (χ4v) is 4.46. The maximum Gasteiger partial charge on any atom is 0.262 e. The van der Waals surface area contributed by atoms with Crippen molar-refractivity contribution in [3.63, 3.8) is 0 Å². The van der Waals surface area contributed by atoms with Crippen LogP contribution in [0.3, 0.4) is 0 Å². The summed E-state index contributed by atoms with van der Waals surface area (Å²) in [6, 6.07) is 24.1. The Morgan fingerprint density at radius 3 is 2.34 bits per heavy atom. The average Bonchev–Trinajstić information content (AvgIpc) is 3.36. The number of ether oxygens (including phenoxy) is 2. The highest BCUT2D eigenvalue weighted by atomic mass is 32.2. The Bertz CT molecular complexity index is 1260. The van der Waals surface area contributed by atoms with E-state index < -0.39 is 0 Å². The fraction of sp³-hybridized carbons (Fsp3) is 0.115. The molecule has 2 N–H and O–H groups in total. The largest absolute Gasteiger partial charge is 0.497 e. The van der Waals surface area contributed by atoms with Gasteiger partial charge < -0.3 is 20.1 Å². The van der Waals surface area contributed by atoms with E-state index in [-0.39, 0.29) is 24.2 Å². The van der Waals surface area contributed by atoms with E-state index in [0.29, 0.717) is 16.6 Å². The van der Waals surface area contributed by atoms with Crippen molar-refractivity contribution in [2.45, 2.75) is 4.90 Å². The minimum absolute atomic E-state index is 0.0718. The first-order valence-electron chi connectivity index (χ1n) is 10.7. The lowest BCUT2D eigenvalue weighted by Gasteiger charge is -2.08. The molecule has 178 valence electrons. The van der Waals surface area contributed by atoms with E-state index in [4.69, 9.17) is 9.47 Å². The normalized spacial score (nSPS) is 10.4. The summed E-state index contributed by atoms with van der Waals surface area (Å²) < 4.78 is 10.6. The number of aromatic nitrogens is 1. The van der Waals surface area contributed by atoms with Crippen LogP contribution >= 0.6 is 23.1 Å². The summed E-state index contributed by atoms with van der Waals surface area (Å²) in [5.74, 6) is 1.28. The van der Waals surface area contributed by atoms with Gasteiger partial charge in [0.25, 0.3) is 5.91 Å². The van der Waals surface area contributed by atoms with Crippen LogP contribution in [0.1, 0.15) is 0 Å². The molecule has 9 heteroatoms. The molecule has 0 saturated heterocycles. The molecule has 0 saturated carbocycles. The van der Waals surface area contributed by atoms with Crippen molar-refractivity contribution in [3.05, 3.63) is 84.2 Å². The molecule has 7 nitrogen and oxygen atoms in total. The zero-order valence-corrected chi connectivity index (χ0v) is 20.5. The van der Waals surface area contributed by atoms with Gasteiger partial charge in [0, 0.05) is 21.5 Å². The van der Waals surface area contributed by atoms with Gasteiger partial charge in [0.05, 0.1) is 18.6 Å². The molecule has 0 radical (unpaired) electrons. The van der Waals surface area contributed by atoms with Crippen LogP contribution in [0.4, 0.5) is 10.8 Å². The van der Waals surface area contributed by atoms with Crippen LogP contribution in [-0.4, -0.2) is 36.3 Å². The SMILES string of the molecule is COc1ccc(-c2csc(NC(=O)CSc3ccc(NC(=O)COc4ccccc4)cc3)n2)cc1. The first-order chi connectivity index (χ1) is 17.1. The number of hydrogen-bond donors (Lipinski definition) is 2. The lowest BCUT2D eigenvalue weighted by Crippen LogP contribution is -2.20. The topological polar surface area (TPSA) is 89.6 Å². The second-order valence-electron chi connectivity index (χ2n) is 7.28. The molecule has 0 unspecified atom stereocenters. The number of anilines is 2. The van der Waals surface area contributed by atoms with Gasteiger partial charge in [0.1, 0.15) is 11.5 Å². The summed E-state index contributed by atoms with van der Waals surface area (Å²) in [7, 11) is 1.62. The summed E-state index contributed by atoms with van der Waals surface area (Å²) in [4.78, 5) is 29.8. The first kappa shape index (κ1) is 24.3. The quantitative estimate of drug-likeness (QED) is 0.274. The van der Waals surface area contributed by atoms with Crippen LogP contribution in [0.5, 0.6) is 11.5 Å². The maximum atomic E-state index is 12.4. The van der Waals surface area contributed by atoms with Crippen LogP contribution in [0, 0.1) is 0 Å². The van der Waals surface area contributed by atoms with Crippen molar-refractivity contribution >= 4 is 45.7 Å². The number of rotatable bonds is 10. The molecule has 2 amide bonds. The Labute approximate surface area is 211 Å². The molecular formula is C26H23N3O4S2. The third-order valence-electron chi connectivity index (χ3n) is 4.76. The molecule has 1 heterocycles. The predicted molar refractivity (Wildman–Crippen MR) is 140 cm³/mol. The van der Waals surface area contributed by atoms with Crippen LogP contribution in [0.2, 0.25) is 0 Å². The predicted octanol–water partition coefficient (Wildman–Crippen LogP) is 5.57. The Morgan fingerprint density at radius 2 is 1.63 bits per heavy atom. The molecule has 4 rings (SSSR count). The molecule has 0 aliphatic carbocycles. The van der Waals surface area contributed by atoms with Crippen LogP contribution in [0.25, 0.3) is 11.3 Å². The molecule has 0 spiro atoms. The molecule has 0 atom stereocenters. The van der Waals surface area contributed by atoms with Gasteiger partial charge >= 0.3 is 0 Å². The van der Waals surface area contributed by atoms with Gasteiger partial charge in [-0.2, -0.15) is 0 Å². The standard InChI is InChI=1S/C26H23N3O4S2/c1-32-20-11-7-18(8-12-20)23-16-35-26(28-23)29-25(31)17-34-22-13-9-19(10-14-22)27-24(30)15-33-21-5-3-2-4-6-21/h2-14,16H,15,17H2,1H3,(H,27,30)(H,28,29,31). The van der Waals surface area contributed by atoms with E-state index in [1.165, 1.54) is 23.1 Å². The summed E-state index contributed by atoms with van der Waals surface area (Å²) in [5.41, 5.74) is 2.41. The van der Waals surface area contributed by atoms with E-state index in [0.717, 1.165) is 21.9 Å². The number of benzene rings is 3. The number of carbonyl (C=O) groups excluding carboxylic acids is 2. The van der Waals surface area contributed by atoms with Crippen molar-refractivity contribution in [2.75, 3.05) is 30.1 Å². The first-order valence-corrected chi connectivity index (χ1v) is 12.6. The summed E-state index contributed by atoms with van der Waals surface area (Å²) in [5, 5.41) is 8.09. The molecule has 1 aromatic heterocycles. The molecular weight excluding hydrogens is 482 g/mol. The number of thiazole rings is 1. The summed E-state index contributed by atoms with van der Waals surface area (Å²) in [6.45, 7) is -0.0718. The van der Waals surface area contributed by atoms with Gasteiger partial charge in [-0.1, -0.05) is 18.2 Å². The van der Waals surface area contributed by atoms with Crippen molar-refractivity contribution in [2.24, 2.45) is 0 Å². The minimum Gasteiger partial charge on any atom is -0.497 e. The molecule has 0 aliphatic heterocycles. The Kier molecular flexibility index (Phi) is 8.37. The van der Waals surface area contributed by atoms with Crippen LogP contribution < -0.4 is 20.1 Å². The van der Waals surface area contributed by atoms with Gasteiger partial charge in [0.2, 0.25) is 5.91 Å². The van der Waals surface area contributed by atoms with E-state index in [9.17, 15) is 9.59 Å². The molecule has 0 fully saturated rings. The zero-order valence-electron chi connectivity index (χ0n) is 18.9. The number of nitrogens with zero attached hydrogens (tertiary/aromatic N) is 1. The Hall–Kier alpha value is -3.82. The average molecular weight is 506 g/mol. The molecule has 4 aromatic rings. The third-order valence-corrected chi connectivity index (χ3v) is 6.53. The monoisotopic (exact) mass is 505 g/mol. The highest BCUT2D eigenvalue weighted by Crippen LogP contribution is 2.27. The number of nitrogens with one attached hydrogen (secondary N) is 2. The fourth-order valence-electron chi connectivity index (χ4n) is 3.03. The van der Waals surface area contributed by atoms with Gasteiger partial charge in [0.15, 0.2) is 11.7 Å². The summed E-state index contributed by atoms with van der Waals surface area (Å²) in [6.07, 6.45) is 0. The van der Waals surface area contributed by atoms with E-state index in [1.54, 1.807) is 31.4 Å². The Morgan fingerprint density at radius 1 is 0.886 bits per heavy atom. The van der Waals surface area contributed by atoms with Crippen molar-refractivity contribution in [3.8, 4) is 22.8 Å². The van der Waals surface area contributed by atoms with Crippen molar-refractivity contribution in [1.29, 1.82) is 0 Å². The maximum absolute atomic E-state index is 12.4. The molecule has 0 aliphatic rings. The molecule has 0 bridgehead atoms. The van der Waals surface area contributed by atoms with Crippen molar-refractivity contribution in [1.82, 2.24) is 4.98 Å². The van der Waals surface area contributed by atoms with Gasteiger partial charge in [-0.3, -0.25) is 9.59 Å². The van der Waals surface area contributed by atoms with Gasteiger partial charge in [-0.15, -0.1) is 23.1 Å². The smallest absolute Gasteiger partial charge is 0.262 e. The van der Waals surface area contributed by atoms with Crippen molar-refractivity contribution < 1.29 is 19.1 Å². The highest BCUT2D eigenvalue weighted by Gasteiger charge is 2.10. The summed E-state index contributed by atoms with van der Waals surface area (Å²) >= 11 is 2.78. The lowest BCUT2D eigenvalue weighted by molar-refractivity contribution is -0.118. The number of amides is 2. The minimum atomic E-state index is -0.244. The van der Waals surface area contributed by atoms with Gasteiger partial charge in [-0.05, 0) is 60.7 Å². The van der Waals surface area contributed by atoms with Gasteiger partial charge in [-0.25, -0.2) is 4.98 Å². The zero-order chi connectivity index (χ0) is 24.5. The number of methoxy groups -OCH3 is 1. The Balaban J connectivity index is 1.21. The second kappa shape index (κ2) is 12.0. The lowest BCUT2D eigenvalue weighted by atomic mass is 10.2. The number of para-hydroxylation sites is 1. The van der Waals surface area contributed by atoms with E-state index in [2.05, 4.69) is 15.6 Å². The molecule has 35 heavy (non-hydrogen) atoms. The third kappa shape index (κ3) is 7.33. The highest BCUT2D eigenvalue weighted by molar-refractivity contribution is 8.00. The van der Waals surface area contributed by atoms with E-state index in [1.807, 2.05) is 60.0 Å².